The molecule has 4 rings (SSSR count). The molecule has 0 aliphatic carbocycles. The van der Waals surface area contributed by atoms with Crippen LogP contribution in [-0.2, 0) is 13.1 Å². The molecular weight excluding hydrogens is 398 g/mol. The monoisotopic (exact) mass is 428 g/mol. The standard InChI is InChI=1S/C25H30F2N2O2/c1-2-3-13-31-20-7-8-25-21(14-20)18(15-28-11-9-19(30)10-12-28)16-29(25)17-22-23(26)5-4-6-24(22)27/h4-8,14,16,19,30H,2-3,9-13,15,17H2,1H3. The van der Waals surface area contributed by atoms with Crippen LogP contribution in [0.15, 0.2) is 42.6 Å². The maximum atomic E-state index is 14.3. The molecular formula is C25H30F2N2O2. The number of likely N-dealkylation sites (tertiary alicyclic amines) is 1. The molecule has 166 valence electrons. The minimum atomic E-state index is -0.534. The molecule has 3 aromatic rings. The molecule has 1 aliphatic heterocycles. The fourth-order valence-electron chi connectivity index (χ4n) is 4.20. The number of nitrogens with zero attached hydrogens (tertiary/aromatic N) is 2. The molecule has 1 aliphatic rings. The highest BCUT2D eigenvalue weighted by Gasteiger charge is 2.20. The highest BCUT2D eigenvalue weighted by atomic mass is 19.1. The average molecular weight is 429 g/mol. The third-order valence-electron chi connectivity index (χ3n) is 6.04. The number of hydrogen-bond acceptors (Lipinski definition) is 3. The predicted octanol–water partition coefficient (Wildman–Crippen LogP) is 5.10. The summed E-state index contributed by atoms with van der Waals surface area (Å²) in [6.07, 6.45) is 5.37. The van der Waals surface area contributed by atoms with Gasteiger partial charge in [-0.15, -0.1) is 0 Å². The highest BCUT2D eigenvalue weighted by Crippen LogP contribution is 2.29. The Kier molecular flexibility index (Phi) is 6.88. The number of aliphatic hydroxyl groups excluding tert-OH is 1. The van der Waals surface area contributed by atoms with Crippen LogP contribution < -0.4 is 4.74 Å². The lowest BCUT2D eigenvalue weighted by molar-refractivity contribution is 0.0794. The maximum Gasteiger partial charge on any atom is 0.131 e. The molecule has 1 aromatic heterocycles. The van der Waals surface area contributed by atoms with Crippen LogP contribution in [0, 0.1) is 11.6 Å². The first-order valence-electron chi connectivity index (χ1n) is 11.1. The van der Waals surface area contributed by atoms with E-state index in [-0.39, 0.29) is 18.2 Å². The van der Waals surface area contributed by atoms with Gasteiger partial charge in [0.2, 0.25) is 0 Å². The minimum Gasteiger partial charge on any atom is -0.494 e. The SMILES string of the molecule is CCCCOc1ccc2c(c1)c(CN1CCC(O)CC1)cn2Cc1c(F)cccc1F. The number of benzene rings is 2. The summed E-state index contributed by atoms with van der Waals surface area (Å²) in [5.41, 5.74) is 2.09. The Bertz CT molecular complexity index is 1010. The van der Waals surface area contributed by atoms with Crippen LogP contribution in [0.25, 0.3) is 10.9 Å². The predicted molar refractivity (Wildman–Crippen MR) is 118 cm³/mol. The Balaban J connectivity index is 1.67. The van der Waals surface area contributed by atoms with Crippen LogP contribution in [-0.4, -0.2) is 40.4 Å². The number of piperidine rings is 1. The van der Waals surface area contributed by atoms with E-state index in [1.54, 1.807) is 0 Å². The van der Waals surface area contributed by atoms with Gasteiger partial charge in [-0.05, 0) is 55.2 Å². The van der Waals surface area contributed by atoms with Gasteiger partial charge in [-0.1, -0.05) is 19.4 Å². The van der Waals surface area contributed by atoms with Gasteiger partial charge < -0.3 is 14.4 Å². The normalized spacial score (nSPS) is 15.6. The quantitative estimate of drug-likeness (QED) is 0.507. The summed E-state index contributed by atoms with van der Waals surface area (Å²) in [7, 11) is 0. The van der Waals surface area contributed by atoms with Crippen molar-refractivity contribution in [3.05, 3.63) is 65.4 Å². The molecule has 4 nitrogen and oxygen atoms in total. The van der Waals surface area contributed by atoms with Gasteiger partial charge in [-0.3, -0.25) is 4.90 Å². The maximum absolute atomic E-state index is 14.3. The van der Waals surface area contributed by atoms with E-state index in [4.69, 9.17) is 4.74 Å². The molecule has 0 spiro atoms. The fourth-order valence-corrected chi connectivity index (χ4v) is 4.20. The van der Waals surface area contributed by atoms with Crippen LogP contribution in [0.1, 0.15) is 43.7 Å². The topological polar surface area (TPSA) is 37.6 Å². The van der Waals surface area contributed by atoms with E-state index in [1.807, 2.05) is 29.0 Å². The molecule has 0 saturated carbocycles. The molecule has 1 N–H and O–H groups in total. The van der Waals surface area contributed by atoms with E-state index in [0.29, 0.717) is 6.61 Å². The second-order valence-corrected chi connectivity index (χ2v) is 8.37. The molecule has 2 aromatic carbocycles. The molecule has 6 heteroatoms. The summed E-state index contributed by atoms with van der Waals surface area (Å²) in [6.45, 7) is 5.33. The van der Waals surface area contributed by atoms with Gasteiger partial charge in [0.1, 0.15) is 17.4 Å². The molecule has 0 unspecified atom stereocenters. The van der Waals surface area contributed by atoms with Gasteiger partial charge in [0.15, 0.2) is 0 Å². The number of hydrogen-bond donors (Lipinski definition) is 1. The van der Waals surface area contributed by atoms with E-state index >= 15 is 0 Å². The number of rotatable bonds is 8. The van der Waals surface area contributed by atoms with Crippen LogP contribution in [0.2, 0.25) is 0 Å². The van der Waals surface area contributed by atoms with E-state index in [9.17, 15) is 13.9 Å². The van der Waals surface area contributed by atoms with Crippen molar-refractivity contribution in [3.63, 3.8) is 0 Å². The third kappa shape index (κ3) is 5.08. The second-order valence-electron chi connectivity index (χ2n) is 8.37. The van der Waals surface area contributed by atoms with E-state index < -0.39 is 11.6 Å². The average Bonchev–Trinajstić information content (AvgIpc) is 3.09. The molecule has 0 atom stereocenters. The third-order valence-corrected chi connectivity index (χ3v) is 6.04. The molecule has 0 radical (unpaired) electrons. The van der Waals surface area contributed by atoms with Gasteiger partial charge in [0.25, 0.3) is 0 Å². The number of aromatic nitrogens is 1. The van der Waals surface area contributed by atoms with Crippen LogP contribution in [0.5, 0.6) is 5.75 Å². The van der Waals surface area contributed by atoms with E-state index in [2.05, 4.69) is 11.8 Å². The van der Waals surface area contributed by atoms with Crippen molar-refractivity contribution in [2.45, 2.75) is 51.8 Å². The lowest BCUT2D eigenvalue weighted by Crippen LogP contribution is -2.35. The van der Waals surface area contributed by atoms with Crippen LogP contribution >= 0.6 is 0 Å². The van der Waals surface area contributed by atoms with Gasteiger partial charge >= 0.3 is 0 Å². The van der Waals surface area contributed by atoms with Gasteiger partial charge in [0.05, 0.1) is 19.3 Å². The Labute approximate surface area is 182 Å². The molecule has 2 heterocycles. The largest absolute Gasteiger partial charge is 0.494 e. The summed E-state index contributed by atoms with van der Waals surface area (Å²) in [4.78, 5) is 2.32. The first-order valence-corrected chi connectivity index (χ1v) is 11.1. The summed E-state index contributed by atoms with van der Waals surface area (Å²) in [5, 5.41) is 10.8. The number of halogens is 2. The molecule has 0 amide bonds. The van der Waals surface area contributed by atoms with Crippen molar-refractivity contribution in [2.24, 2.45) is 0 Å². The van der Waals surface area contributed by atoms with Crippen LogP contribution in [0.3, 0.4) is 0 Å². The van der Waals surface area contributed by atoms with Crippen molar-refractivity contribution in [1.29, 1.82) is 0 Å². The zero-order valence-electron chi connectivity index (χ0n) is 18.0. The Hall–Kier alpha value is -2.44. The lowest BCUT2D eigenvalue weighted by atomic mass is 10.1. The Morgan fingerprint density at radius 2 is 1.81 bits per heavy atom. The van der Waals surface area contributed by atoms with E-state index in [0.717, 1.165) is 67.5 Å². The van der Waals surface area contributed by atoms with Crippen molar-refractivity contribution >= 4 is 10.9 Å². The zero-order valence-corrected chi connectivity index (χ0v) is 18.0. The van der Waals surface area contributed by atoms with Crippen molar-refractivity contribution < 1.29 is 18.6 Å². The number of unbranched alkanes of at least 4 members (excludes halogenated alkanes) is 1. The number of aliphatic hydroxyl groups is 1. The molecule has 1 saturated heterocycles. The molecule has 1 fully saturated rings. The minimum absolute atomic E-state index is 0.0651. The highest BCUT2D eigenvalue weighted by molar-refractivity contribution is 5.85. The molecule has 0 bridgehead atoms. The first kappa shape index (κ1) is 21.8. The Morgan fingerprint density at radius 3 is 2.52 bits per heavy atom. The number of fused-ring (bicyclic) bond motifs is 1. The van der Waals surface area contributed by atoms with Gasteiger partial charge in [-0.2, -0.15) is 0 Å². The molecule has 31 heavy (non-hydrogen) atoms. The summed E-state index contributed by atoms with van der Waals surface area (Å²) in [6, 6.07) is 9.91. The van der Waals surface area contributed by atoms with Gasteiger partial charge in [0, 0.05) is 42.3 Å². The summed E-state index contributed by atoms with van der Waals surface area (Å²) < 4.78 is 36.4. The second kappa shape index (κ2) is 9.79. The fraction of sp³-hybridized carbons (Fsp3) is 0.440. The van der Waals surface area contributed by atoms with Gasteiger partial charge in [-0.25, -0.2) is 8.78 Å². The first-order chi connectivity index (χ1) is 15.0. The van der Waals surface area contributed by atoms with E-state index in [1.165, 1.54) is 18.2 Å². The smallest absolute Gasteiger partial charge is 0.131 e. The summed E-state index contributed by atoms with van der Waals surface area (Å²) >= 11 is 0. The summed E-state index contributed by atoms with van der Waals surface area (Å²) in [5.74, 6) is -0.257. The van der Waals surface area contributed by atoms with Crippen molar-refractivity contribution in [3.8, 4) is 5.75 Å². The lowest BCUT2D eigenvalue weighted by Gasteiger charge is -2.29. The van der Waals surface area contributed by atoms with Crippen molar-refractivity contribution in [2.75, 3.05) is 19.7 Å². The zero-order chi connectivity index (χ0) is 21.8. The van der Waals surface area contributed by atoms with Crippen LogP contribution in [0.4, 0.5) is 8.78 Å². The Morgan fingerprint density at radius 1 is 1.06 bits per heavy atom. The number of ether oxygens (including phenoxy) is 1. The van der Waals surface area contributed by atoms with Crippen molar-refractivity contribution in [1.82, 2.24) is 9.47 Å².